The summed E-state index contributed by atoms with van der Waals surface area (Å²) in [4.78, 5) is 9.69. The fraction of sp³-hybridized carbons (Fsp3) is 0.333. The number of nitrogens with one attached hydrogen (secondary N) is 1. The molecule has 0 unspecified atom stereocenters. The van der Waals surface area contributed by atoms with Gasteiger partial charge in [-0.25, -0.2) is 13.1 Å². The van der Waals surface area contributed by atoms with Crippen LogP contribution in [0.2, 0.25) is 0 Å². The van der Waals surface area contributed by atoms with E-state index in [1.54, 1.807) is 0 Å². The van der Waals surface area contributed by atoms with Crippen molar-refractivity contribution in [3.05, 3.63) is 34.4 Å². The van der Waals surface area contributed by atoms with Gasteiger partial charge in [-0.15, -0.1) is 0 Å². The van der Waals surface area contributed by atoms with Gasteiger partial charge in [0.05, 0.1) is 15.9 Å². The summed E-state index contributed by atoms with van der Waals surface area (Å²) < 4.78 is 25.4. The lowest BCUT2D eigenvalue weighted by Gasteiger charge is -2.07. The van der Waals surface area contributed by atoms with E-state index in [2.05, 4.69) is 4.72 Å². The number of rotatable bonds is 5. The minimum atomic E-state index is -3.73. The summed E-state index contributed by atoms with van der Waals surface area (Å²) in [5.41, 5.74) is -0.181. The summed E-state index contributed by atoms with van der Waals surface area (Å²) in [5, 5.41) is 19.3. The van der Waals surface area contributed by atoms with E-state index < -0.39 is 21.1 Å². The molecular weight excluding hydrogens is 248 g/mol. The van der Waals surface area contributed by atoms with Gasteiger partial charge in [0.2, 0.25) is 10.0 Å². The van der Waals surface area contributed by atoms with Gasteiger partial charge in [-0.3, -0.25) is 10.1 Å². The molecule has 0 saturated carbocycles. The number of nitro benzene ring substituents is 1. The predicted octanol–water partition coefficient (Wildman–Crippen LogP) is 0.254. The minimum absolute atomic E-state index is 0.0799. The molecule has 1 atom stereocenters. The summed E-state index contributed by atoms with van der Waals surface area (Å²) >= 11 is 0. The first-order valence-corrected chi connectivity index (χ1v) is 6.23. The normalized spacial score (nSPS) is 13.3. The number of nitro groups is 1. The van der Waals surface area contributed by atoms with Crippen molar-refractivity contribution in [3.8, 4) is 0 Å². The average Bonchev–Trinajstić information content (AvgIpc) is 2.27. The van der Waals surface area contributed by atoms with Crippen LogP contribution in [0.5, 0.6) is 0 Å². The number of sulfonamides is 1. The molecule has 1 aromatic rings. The Labute approximate surface area is 98.3 Å². The molecule has 7 nitrogen and oxygen atoms in total. The van der Waals surface area contributed by atoms with E-state index in [-0.39, 0.29) is 17.1 Å². The maximum Gasteiger partial charge on any atom is 0.269 e. The third-order valence-electron chi connectivity index (χ3n) is 1.93. The fourth-order valence-electron chi connectivity index (χ4n) is 1.06. The van der Waals surface area contributed by atoms with Crippen LogP contribution in [-0.2, 0) is 10.0 Å². The Kier molecular flexibility index (Phi) is 4.16. The molecule has 17 heavy (non-hydrogen) atoms. The first-order chi connectivity index (χ1) is 7.83. The average molecular weight is 260 g/mol. The zero-order valence-corrected chi connectivity index (χ0v) is 9.85. The lowest BCUT2D eigenvalue weighted by Crippen LogP contribution is -2.30. The van der Waals surface area contributed by atoms with E-state index in [1.165, 1.54) is 6.92 Å². The van der Waals surface area contributed by atoms with Gasteiger partial charge in [0, 0.05) is 18.7 Å². The highest BCUT2D eigenvalue weighted by molar-refractivity contribution is 7.89. The number of benzene rings is 1. The Bertz CT molecular complexity index is 495. The third-order valence-corrected chi connectivity index (χ3v) is 3.37. The monoisotopic (exact) mass is 260 g/mol. The van der Waals surface area contributed by atoms with E-state index in [1.807, 2.05) is 0 Å². The van der Waals surface area contributed by atoms with E-state index in [9.17, 15) is 18.5 Å². The van der Waals surface area contributed by atoms with Gasteiger partial charge in [-0.1, -0.05) is 0 Å². The summed E-state index contributed by atoms with van der Waals surface area (Å²) in [6.07, 6.45) is -0.803. The van der Waals surface area contributed by atoms with Crippen molar-refractivity contribution in [2.75, 3.05) is 6.54 Å². The lowest BCUT2D eigenvalue weighted by molar-refractivity contribution is -0.384. The van der Waals surface area contributed by atoms with Crippen molar-refractivity contribution in [2.45, 2.75) is 17.9 Å². The molecule has 94 valence electrons. The smallest absolute Gasteiger partial charge is 0.269 e. The molecule has 0 aliphatic heterocycles. The van der Waals surface area contributed by atoms with Crippen LogP contribution >= 0.6 is 0 Å². The Balaban J connectivity index is 2.89. The maximum absolute atomic E-state index is 11.6. The summed E-state index contributed by atoms with van der Waals surface area (Å²) in [5.74, 6) is 0. The highest BCUT2D eigenvalue weighted by atomic mass is 32.2. The van der Waals surface area contributed by atoms with Crippen molar-refractivity contribution in [1.82, 2.24) is 4.72 Å². The molecule has 8 heteroatoms. The first kappa shape index (κ1) is 13.6. The molecule has 0 saturated heterocycles. The van der Waals surface area contributed by atoms with Crippen LogP contribution in [-0.4, -0.2) is 31.1 Å². The SMILES string of the molecule is C[C@@H](O)CNS(=O)(=O)c1ccc([N+](=O)[O-])cc1. The van der Waals surface area contributed by atoms with Gasteiger partial charge in [0.25, 0.3) is 5.69 Å². The molecule has 1 aromatic carbocycles. The Morgan fingerprint density at radius 3 is 2.35 bits per heavy atom. The molecular formula is C9H12N2O5S. The molecule has 2 N–H and O–H groups in total. The minimum Gasteiger partial charge on any atom is -0.392 e. The number of aliphatic hydroxyl groups excluding tert-OH is 1. The molecule has 0 fully saturated rings. The predicted molar refractivity (Wildman–Crippen MR) is 60.0 cm³/mol. The molecule has 0 amide bonds. The molecule has 0 aliphatic carbocycles. The van der Waals surface area contributed by atoms with Crippen molar-refractivity contribution < 1.29 is 18.4 Å². The van der Waals surface area contributed by atoms with Crippen LogP contribution in [0.4, 0.5) is 5.69 Å². The summed E-state index contributed by atoms with van der Waals surface area (Å²) in [6, 6.07) is 4.50. The standard InChI is InChI=1S/C9H12N2O5S/c1-7(12)6-10-17(15,16)9-4-2-8(3-5-9)11(13)14/h2-5,7,10,12H,6H2,1H3/t7-/m1/s1. The molecule has 1 rings (SSSR count). The first-order valence-electron chi connectivity index (χ1n) is 4.75. The Hall–Kier alpha value is -1.51. The van der Waals surface area contributed by atoms with E-state index in [4.69, 9.17) is 5.11 Å². The van der Waals surface area contributed by atoms with Crippen LogP contribution in [0, 0.1) is 10.1 Å². The van der Waals surface area contributed by atoms with Gasteiger partial charge in [0.1, 0.15) is 0 Å². The number of hydrogen-bond acceptors (Lipinski definition) is 5. The Morgan fingerprint density at radius 1 is 1.41 bits per heavy atom. The second kappa shape index (κ2) is 5.21. The van der Waals surface area contributed by atoms with Crippen molar-refractivity contribution in [2.24, 2.45) is 0 Å². The van der Waals surface area contributed by atoms with Gasteiger partial charge < -0.3 is 5.11 Å². The zero-order chi connectivity index (χ0) is 13.1. The zero-order valence-electron chi connectivity index (χ0n) is 9.03. The fourth-order valence-corrected chi connectivity index (χ4v) is 2.18. The van der Waals surface area contributed by atoms with Crippen LogP contribution in [0.25, 0.3) is 0 Å². The van der Waals surface area contributed by atoms with Gasteiger partial charge >= 0.3 is 0 Å². The van der Waals surface area contributed by atoms with Crippen molar-refractivity contribution in [1.29, 1.82) is 0 Å². The van der Waals surface area contributed by atoms with E-state index in [0.717, 1.165) is 24.3 Å². The van der Waals surface area contributed by atoms with Crippen LogP contribution in [0.15, 0.2) is 29.2 Å². The summed E-state index contributed by atoms with van der Waals surface area (Å²) in [7, 11) is -3.73. The Morgan fingerprint density at radius 2 is 1.94 bits per heavy atom. The van der Waals surface area contributed by atoms with E-state index in [0.29, 0.717) is 0 Å². The molecule has 0 heterocycles. The van der Waals surface area contributed by atoms with Gasteiger partial charge in [-0.2, -0.15) is 0 Å². The molecule has 0 bridgehead atoms. The topological polar surface area (TPSA) is 110 Å². The van der Waals surface area contributed by atoms with Crippen LogP contribution in [0.1, 0.15) is 6.92 Å². The highest BCUT2D eigenvalue weighted by Crippen LogP contribution is 2.15. The lowest BCUT2D eigenvalue weighted by atomic mass is 10.3. The van der Waals surface area contributed by atoms with Crippen molar-refractivity contribution >= 4 is 15.7 Å². The number of non-ortho nitro benzene ring substituents is 1. The maximum atomic E-state index is 11.6. The summed E-state index contributed by atoms with van der Waals surface area (Å²) in [6.45, 7) is 1.33. The number of nitrogens with zero attached hydrogens (tertiary/aromatic N) is 1. The second-order valence-electron chi connectivity index (χ2n) is 3.45. The van der Waals surface area contributed by atoms with Crippen LogP contribution in [0.3, 0.4) is 0 Å². The van der Waals surface area contributed by atoms with Crippen molar-refractivity contribution in [3.63, 3.8) is 0 Å². The molecule has 0 radical (unpaired) electrons. The molecule has 0 spiro atoms. The van der Waals surface area contributed by atoms with Crippen LogP contribution < -0.4 is 4.72 Å². The largest absolute Gasteiger partial charge is 0.392 e. The third kappa shape index (κ3) is 3.77. The number of aliphatic hydroxyl groups is 1. The second-order valence-corrected chi connectivity index (χ2v) is 5.22. The van der Waals surface area contributed by atoms with Gasteiger partial charge in [0.15, 0.2) is 0 Å². The number of hydrogen-bond donors (Lipinski definition) is 2. The molecule has 0 aromatic heterocycles. The quantitative estimate of drug-likeness (QED) is 0.582. The highest BCUT2D eigenvalue weighted by Gasteiger charge is 2.15. The molecule has 0 aliphatic rings. The van der Waals surface area contributed by atoms with E-state index >= 15 is 0 Å². The van der Waals surface area contributed by atoms with Gasteiger partial charge in [-0.05, 0) is 19.1 Å².